The molecule has 0 spiro atoms. The van der Waals surface area contributed by atoms with Crippen LogP contribution in [-0.2, 0) is 14.1 Å². The monoisotopic (exact) mass is 294 g/mol. The van der Waals surface area contributed by atoms with Crippen LogP contribution in [0.15, 0.2) is 16.9 Å². The van der Waals surface area contributed by atoms with Crippen molar-refractivity contribution in [2.75, 3.05) is 37.5 Å². The van der Waals surface area contributed by atoms with Gasteiger partial charge < -0.3 is 20.4 Å². The zero-order chi connectivity index (χ0) is 15.7. The Balaban J connectivity index is 2.54. The molecule has 7 heteroatoms. The fourth-order valence-corrected chi connectivity index (χ4v) is 2.34. The number of aromatic nitrogens is 2. The molecule has 0 fully saturated rings. The predicted molar refractivity (Wildman–Crippen MR) is 84.1 cm³/mol. The average Bonchev–Trinajstić information content (AvgIpc) is 2.68. The quantitative estimate of drug-likeness (QED) is 0.706. The molecular weight excluding hydrogens is 272 g/mol. The van der Waals surface area contributed by atoms with Gasteiger partial charge >= 0.3 is 5.69 Å². The first-order valence-electron chi connectivity index (χ1n) is 6.76. The maximum atomic E-state index is 12.0. The van der Waals surface area contributed by atoms with E-state index >= 15 is 0 Å². The lowest BCUT2D eigenvalue weighted by molar-refractivity contribution is 0.105. The maximum absolute atomic E-state index is 12.0. The molecule has 1 unspecified atom stereocenters. The third-order valence-corrected chi connectivity index (χ3v) is 3.61. The van der Waals surface area contributed by atoms with Crippen molar-refractivity contribution in [3.63, 3.8) is 0 Å². The Morgan fingerprint density at radius 1 is 1.24 bits per heavy atom. The van der Waals surface area contributed by atoms with E-state index < -0.39 is 6.10 Å². The Morgan fingerprint density at radius 3 is 2.33 bits per heavy atom. The summed E-state index contributed by atoms with van der Waals surface area (Å²) in [5.74, 6) is 0. The summed E-state index contributed by atoms with van der Waals surface area (Å²) in [7, 11) is 7.30. The number of fused-ring (bicyclic) bond motifs is 1. The van der Waals surface area contributed by atoms with Crippen LogP contribution in [-0.4, -0.2) is 52.7 Å². The highest BCUT2D eigenvalue weighted by molar-refractivity contribution is 5.88. The van der Waals surface area contributed by atoms with Gasteiger partial charge in [0.25, 0.3) is 0 Å². The summed E-state index contributed by atoms with van der Waals surface area (Å²) in [5, 5.41) is 21.5. The summed E-state index contributed by atoms with van der Waals surface area (Å²) in [5.41, 5.74) is 3.30. The van der Waals surface area contributed by atoms with Gasteiger partial charge in [-0.1, -0.05) is 0 Å². The lowest BCUT2D eigenvalue weighted by Gasteiger charge is -2.20. The minimum atomic E-state index is -0.824. The first-order valence-corrected chi connectivity index (χ1v) is 6.76. The van der Waals surface area contributed by atoms with Crippen molar-refractivity contribution in [3.05, 3.63) is 22.6 Å². The first kappa shape index (κ1) is 15.4. The van der Waals surface area contributed by atoms with Crippen LogP contribution in [0.1, 0.15) is 0 Å². The molecule has 1 aromatic heterocycles. The molecule has 0 aliphatic heterocycles. The van der Waals surface area contributed by atoms with E-state index in [0.29, 0.717) is 0 Å². The van der Waals surface area contributed by atoms with Crippen LogP contribution in [0.3, 0.4) is 0 Å². The number of aliphatic hydroxyl groups is 2. The van der Waals surface area contributed by atoms with Crippen molar-refractivity contribution in [1.82, 2.24) is 9.13 Å². The summed E-state index contributed by atoms with van der Waals surface area (Å²) in [6.07, 6.45) is -0.824. The number of aliphatic hydroxyl groups excluding tert-OH is 2. The van der Waals surface area contributed by atoms with Gasteiger partial charge in [0.05, 0.1) is 35.1 Å². The number of anilines is 2. The number of aryl methyl sites for hydroxylation is 2. The van der Waals surface area contributed by atoms with Gasteiger partial charge in [0.15, 0.2) is 0 Å². The molecule has 1 aromatic carbocycles. The molecule has 2 aromatic rings. The summed E-state index contributed by atoms with van der Waals surface area (Å²) in [6.45, 7) is -0.0556. The second-order valence-corrected chi connectivity index (χ2v) is 5.37. The number of nitrogens with one attached hydrogen (secondary N) is 1. The molecule has 0 bridgehead atoms. The molecule has 0 amide bonds. The van der Waals surface area contributed by atoms with Crippen molar-refractivity contribution in [1.29, 1.82) is 0 Å². The van der Waals surface area contributed by atoms with Crippen LogP contribution in [0.4, 0.5) is 11.4 Å². The van der Waals surface area contributed by atoms with Gasteiger partial charge in [-0.05, 0) is 12.1 Å². The zero-order valence-electron chi connectivity index (χ0n) is 12.8. The van der Waals surface area contributed by atoms with E-state index in [2.05, 4.69) is 5.32 Å². The largest absolute Gasteiger partial charge is 0.394 e. The zero-order valence-corrected chi connectivity index (χ0v) is 12.8. The molecule has 0 saturated heterocycles. The fraction of sp³-hybridized carbons (Fsp3) is 0.500. The second kappa shape index (κ2) is 5.79. The Kier molecular flexibility index (Phi) is 4.24. The van der Waals surface area contributed by atoms with Crippen molar-refractivity contribution in [2.45, 2.75) is 6.10 Å². The molecule has 1 heterocycles. The van der Waals surface area contributed by atoms with Gasteiger partial charge in [0, 0.05) is 34.7 Å². The van der Waals surface area contributed by atoms with Crippen molar-refractivity contribution in [3.8, 4) is 0 Å². The van der Waals surface area contributed by atoms with E-state index in [4.69, 9.17) is 5.11 Å². The van der Waals surface area contributed by atoms with Crippen LogP contribution >= 0.6 is 0 Å². The van der Waals surface area contributed by atoms with Gasteiger partial charge in [-0.15, -0.1) is 0 Å². The summed E-state index contributed by atoms with van der Waals surface area (Å²) in [4.78, 5) is 13.9. The minimum absolute atomic E-state index is 0.0813. The van der Waals surface area contributed by atoms with E-state index in [-0.39, 0.29) is 18.8 Å². The second-order valence-electron chi connectivity index (χ2n) is 5.37. The highest BCUT2D eigenvalue weighted by atomic mass is 16.3. The van der Waals surface area contributed by atoms with Crippen LogP contribution in [0.2, 0.25) is 0 Å². The Hall–Kier alpha value is -1.99. The number of hydrogen-bond donors (Lipinski definition) is 3. The molecule has 2 rings (SSSR count). The van der Waals surface area contributed by atoms with Crippen molar-refractivity contribution >= 4 is 22.4 Å². The molecular formula is C14H22N4O3. The lowest BCUT2D eigenvalue weighted by atomic mass is 10.2. The Morgan fingerprint density at radius 2 is 1.81 bits per heavy atom. The third-order valence-electron chi connectivity index (χ3n) is 3.61. The molecule has 7 nitrogen and oxygen atoms in total. The normalized spacial score (nSPS) is 12.7. The third kappa shape index (κ3) is 2.74. The van der Waals surface area contributed by atoms with E-state index in [0.717, 1.165) is 22.4 Å². The van der Waals surface area contributed by atoms with E-state index in [1.165, 1.54) is 0 Å². The topological polar surface area (TPSA) is 82.7 Å². The summed E-state index contributed by atoms with van der Waals surface area (Å²) < 4.78 is 3.19. The Labute approximate surface area is 123 Å². The molecule has 0 radical (unpaired) electrons. The summed E-state index contributed by atoms with van der Waals surface area (Å²) in [6, 6.07) is 3.82. The maximum Gasteiger partial charge on any atom is 0.328 e. The number of benzene rings is 1. The standard InChI is InChI=1S/C14H22N4O3/c1-16(2)11-6-13-12(17(3)14(21)18(13)4)5-10(11)15-7-9(20)8-19/h5-6,9,15,19-20H,7-8H2,1-4H3. The SMILES string of the molecule is CN(C)c1cc2c(cc1NCC(O)CO)n(C)c(=O)n2C. The van der Waals surface area contributed by atoms with Crippen molar-refractivity contribution < 1.29 is 10.2 Å². The Bertz CT molecular complexity index is 702. The molecule has 3 N–H and O–H groups in total. The molecule has 21 heavy (non-hydrogen) atoms. The number of nitrogens with zero attached hydrogens (tertiary/aromatic N) is 3. The highest BCUT2D eigenvalue weighted by Crippen LogP contribution is 2.29. The van der Waals surface area contributed by atoms with Crippen molar-refractivity contribution in [2.24, 2.45) is 14.1 Å². The number of rotatable bonds is 5. The summed E-state index contributed by atoms with van der Waals surface area (Å²) >= 11 is 0. The number of hydrogen-bond acceptors (Lipinski definition) is 5. The predicted octanol–water partition coefficient (Wildman–Crippen LogP) is -0.292. The van der Waals surface area contributed by atoms with E-state index in [1.807, 2.05) is 31.1 Å². The first-order chi connectivity index (χ1) is 9.86. The van der Waals surface area contributed by atoms with Gasteiger partial charge in [-0.3, -0.25) is 9.13 Å². The number of imidazole rings is 1. The average molecular weight is 294 g/mol. The lowest BCUT2D eigenvalue weighted by Crippen LogP contribution is -2.24. The highest BCUT2D eigenvalue weighted by Gasteiger charge is 2.14. The van der Waals surface area contributed by atoms with Crippen LogP contribution < -0.4 is 15.9 Å². The molecule has 116 valence electrons. The molecule has 0 aliphatic carbocycles. The van der Waals surface area contributed by atoms with Crippen LogP contribution in [0, 0.1) is 0 Å². The molecule has 1 atom stereocenters. The fourth-order valence-electron chi connectivity index (χ4n) is 2.34. The smallest absolute Gasteiger partial charge is 0.328 e. The van der Waals surface area contributed by atoms with Crippen LogP contribution in [0.25, 0.3) is 11.0 Å². The van der Waals surface area contributed by atoms with E-state index in [1.54, 1.807) is 23.2 Å². The van der Waals surface area contributed by atoms with Gasteiger partial charge in [-0.25, -0.2) is 4.79 Å². The molecule has 0 saturated carbocycles. The van der Waals surface area contributed by atoms with E-state index in [9.17, 15) is 9.90 Å². The molecule has 0 aliphatic rings. The minimum Gasteiger partial charge on any atom is -0.394 e. The van der Waals surface area contributed by atoms with Gasteiger partial charge in [0.1, 0.15) is 0 Å². The van der Waals surface area contributed by atoms with Gasteiger partial charge in [0.2, 0.25) is 0 Å². The van der Waals surface area contributed by atoms with Crippen LogP contribution in [0.5, 0.6) is 0 Å². The van der Waals surface area contributed by atoms with Gasteiger partial charge in [-0.2, -0.15) is 0 Å².